The van der Waals surface area contributed by atoms with E-state index in [0.717, 1.165) is 30.4 Å². The van der Waals surface area contributed by atoms with Crippen LogP contribution in [0.2, 0.25) is 0 Å². The maximum atomic E-state index is 12.8. The van der Waals surface area contributed by atoms with Crippen molar-refractivity contribution < 1.29 is 22.7 Å². The van der Waals surface area contributed by atoms with E-state index in [1.54, 1.807) is 43.9 Å². The lowest BCUT2D eigenvalue weighted by molar-refractivity contribution is -0.134. The van der Waals surface area contributed by atoms with Crippen molar-refractivity contribution in [3.05, 3.63) is 29.3 Å². The molecule has 31 heavy (non-hydrogen) atoms. The number of hydrogen-bond acceptors (Lipinski definition) is 5. The molecule has 1 aliphatic rings. The van der Waals surface area contributed by atoms with Gasteiger partial charge in [0.15, 0.2) is 0 Å². The van der Waals surface area contributed by atoms with E-state index in [-0.39, 0.29) is 29.8 Å². The molecule has 1 aromatic carbocycles. The minimum Gasteiger partial charge on any atom is -0.444 e. The quantitative estimate of drug-likeness (QED) is 0.661. The summed E-state index contributed by atoms with van der Waals surface area (Å²) in [6.07, 6.45) is 2.21. The zero-order valence-corrected chi connectivity index (χ0v) is 20.0. The van der Waals surface area contributed by atoms with Crippen LogP contribution in [0.4, 0.5) is 4.79 Å². The summed E-state index contributed by atoms with van der Waals surface area (Å²) in [6, 6.07) is 4.84. The highest BCUT2D eigenvalue weighted by Gasteiger charge is 2.28. The normalized spacial score (nSPS) is 17.3. The Bertz CT molecular complexity index is 893. The Kier molecular flexibility index (Phi) is 8.48. The van der Waals surface area contributed by atoms with Crippen LogP contribution in [0, 0.1) is 13.8 Å². The number of piperidine rings is 1. The van der Waals surface area contributed by atoms with E-state index in [2.05, 4.69) is 10.0 Å². The summed E-state index contributed by atoms with van der Waals surface area (Å²) in [5, 5.41) is 2.74. The van der Waals surface area contributed by atoms with Crippen LogP contribution < -0.4 is 10.0 Å². The molecule has 1 saturated heterocycles. The molecule has 174 valence electrons. The molecule has 1 unspecified atom stereocenters. The van der Waals surface area contributed by atoms with Crippen LogP contribution in [0.15, 0.2) is 23.1 Å². The van der Waals surface area contributed by atoms with Crippen LogP contribution in [0.3, 0.4) is 0 Å². The van der Waals surface area contributed by atoms with E-state index in [0.29, 0.717) is 13.1 Å². The highest BCUT2D eigenvalue weighted by atomic mass is 32.2. The molecular weight excluding hydrogens is 418 g/mol. The van der Waals surface area contributed by atoms with Gasteiger partial charge in [0.05, 0.1) is 4.90 Å². The molecule has 2 N–H and O–H groups in total. The molecular formula is C22H35N3O5S. The fourth-order valence-corrected chi connectivity index (χ4v) is 4.57. The van der Waals surface area contributed by atoms with Crippen molar-refractivity contribution in [2.75, 3.05) is 19.6 Å². The number of alkyl carbamates (subject to hydrolysis) is 1. The van der Waals surface area contributed by atoms with Crippen molar-refractivity contribution in [1.29, 1.82) is 0 Å². The maximum Gasteiger partial charge on any atom is 0.407 e. The van der Waals surface area contributed by atoms with Gasteiger partial charge in [-0.3, -0.25) is 4.79 Å². The number of nitrogens with zero attached hydrogens (tertiary/aromatic N) is 1. The number of sulfonamides is 1. The van der Waals surface area contributed by atoms with E-state index in [1.165, 1.54) is 0 Å². The minimum atomic E-state index is -3.67. The van der Waals surface area contributed by atoms with E-state index in [1.807, 2.05) is 13.8 Å². The van der Waals surface area contributed by atoms with E-state index in [4.69, 9.17) is 4.74 Å². The second-order valence-electron chi connectivity index (χ2n) is 9.01. The predicted molar refractivity (Wildman–Crippen MR) is 119 cm³/mol. The fourth-order valence-electron chi connectivity index (χ4n) is 3.46. The van der Waals surface area contributed by atoms with Crippen LogP contribution in [-0.2, 0) is 19.6 Å². The van der Waals surface area contributed by atoms with Crippen molar-refractivity contribution in [3.63, 3.8) is 0 Å². The van der Waals surface area contributed by atoms with Crippen molar-refractivity contribution in [3.8, 4) is 0 Å². The van der Waals surface area contributed by atoms with Gasteiger partial charge in [-0.2, -0.15) is 0 Å². The van der Waals surface area contributed by atoms with Crippen LogP contribution >= 0.6 is 0 Å². The third-order valence-corrected chi connectivity index (χ3v) is 6.71. The van der Waals surface area contributed by atoms with Crippen molar-refractivity contribution in [1.82, 2.24) is 14.9 Å². The number of ether oxygens (including phenoxy) is 1. The van der Waals surface area contributed by atoms with E-state index >= 15 is 0 Å². The summed E-state index contributed by atoms with van der Waals surface area (Å²) in [6.45, 7) is 10.1. The summed E-state index contributed by atoms with van der Waals surface area (Å²) < 4.78 is 32.8. The number of rotatable bonds is 7. The van der Waals surface area contributed by atoms with E-state index in [9.17, 15) is 18.0 Å². The lowest BCUT2D eigenvalue weighted by Gasteiger charge is -2.36. The van der Waals surface area contributed by atoms with Gasteiger partial charge in [-0.25, -0.2) is 17.9 Å². The topological polar surface area (TPSA) is 105 Å². The molecule has 0 aromatic heterocycles. The van der Waals surface area contributed by atoms with Gasteiger partial charge in [-0.1, -0.05) is 6.07 Å². The highest BCUT2D eigenvalue weighted by molar-refractivity contribution is 7.89. The number of benzene rings is 1. The van der Waals surface area contributed by atoms with Gasteiger partial charge in [0.25, 0.3) is 0 Å². The molecule has 2 rings (SSSR count). The molecule has 1 aliphatic heterocycles. The van der Waals surface area contributed by atoms with Crippen LogP contribution in [0.5, 0.6) is 0 Å². The third kappa shape index (κ3) is 7.81. The standard InChI is InChI=1S/C22H35N3O5S/c1-16-9-10-19(14-17(16)2)31(28,29)24-12-11-20(26)25-13-7-6-8-18(25)15-23-21(27)30-22(3,4)5/h9-10,14,18,24H,6-8,11-13,15H2,1-5H3,(H,23,27). The lowest BCUT2D eigenvalue weighted by Crippen LogP contribution is -2.50. The monoisotopic (exact) mass is 453 g/mol. The first-order valence-corrected chi connectivity index (χ1v) is 12.2. The van der Waals surface area contributed by atoms with E-state index < -0.39 is 21.7 Å². The highest BCUT2D eigenvalue weighted by Crippen LogP contribution is 2.18. The molecule has 9 heteroatoms. The first-order valence-electron chi connectivity index (χ1n) is 10.7. The zero-order chi connectivity index (χ0) is 23.2. The average molecular weight is 454 g/mol. The molecule has 1 heterocycles. The summed E-state index contributed by atoms with van der Waals surface area (Å²) >= 11 is 0. The molecule has 0 radical (unpaired) electrons. The SMILES string of the molecule is Cc1ccc(S(=O)(=O)NCCC(=O)N2CCCCC2CNC(=O)OC(C)(C)C)cc1C. The molecule has 8 nitrogen and oxygen atoms in total. The second kappa shape index (κ2) is 10.5. The third-order valence-electron chi connectivity index (χ3n) is 5.25. The number of likely N-dealkylation sites (tertiary alicyclic amines) is 1. The van der Waals surface area contributed by atoms with Crippen molar-refractivity contribution in [2.24, 2.45) is 0 Å². The summed E-state index contributed by atoms with van der Waals surface area (Å²) in [5.41, 5.74) is 1.33. The molecule has 0 bridgehead atoms. The van der Waals surface area contributed by atoms with Crippen LogP contribution in [-0.4, -0.2) is 56.6 Å². The largest absolute Gasteiger partial charge is 0.444 e. The van der Waals surface area contributed by atoms with Gasteiger partial charge in [0.2, 0.25) is 15.9 Å². The smallest absolute Gasteiger partial charge is 0.407 e. The van der Waals surface area contributed by atoms with Gasteiger partial charge >= 0.3 is 6.09 Å². The van der Waals surface area contributed by atoms with Crippen molar-refractivity contribution in [2.45, 2.75) is 76.8 Å². The average Bonchev–Trinajstić information content (AvgIpc) is 2.67. The molecule has 1 aromatic rings. The van der Waals surface area contributed by atoms with Gasteiger partial charge in [-0.15, -0.1) is 0 Å². The van der Waals surface area contributed by atoms with Gasteiger partial charge in [0.1, 0.15) is 5.60 Å². The summed E-state index contributed by atoms with van der Waals surface area (Å²) in [7, 11) is -3.67. The number of hydrogen-bond donors (Lipinski definition) is 2. The Morgan fingerprint density at radius 2 is 1.87 bits per heavy atom. The molecule has 0 aliphatic carbocycles. The lowest BCUT2D eigenvalue weighted by atomic mass is 10.0. The first kappa shape index (κ1) is 25.1. The van der Waals surface area contributed by atoms with Crippen molar-refractivity contribution >= 4 is 22.0 Å². The number of aryl methyl sites for hydroxylation is 2. The number of carbonyl (C=O) groups excluding carboxylic acids is 2. The Hall–Kier alpha value is -2.13. The molecule has 1 atom stereocenters. The Morgan fingerprint density at radius 3 is 2.52 bits per heavy atom. The fraction of sp³-hybridized carbons (Fsp3) is 0.636. The Balaban J connectivity index is 1.89. The predicted octanol–water partition coefficient (Wildman–Crippen LogP) is 2.88. The Morgan fingerprint density at radius 1 is 1.16 bits per heavy atom. The zero-order valence-electron chi connectivity index (χ0n) is 19.2. The number of amides is 2. The maximum absolute atomic E-state index is 12.8. The van der Waals surface area contributed by atoms with Crippen LogP contribution in [0.1, 0.15) is 57.6 Å². The molecule has 0 spiro atoms. The second-order valence-corrected chi connectivity index (χ2v) is 10.8. The van der Waals surface area contributed by atoms with Gasteiger partial charge in [0, 0.05) is 32.1 Å². The molecule has 0 saturated carbocycles. The summed E-state index contributed by atoms with van der Waals surface area (Å²) in [4.78, 5) is 26.6. The molecule has 1 fully saturated rings. The Labute approximate surface area is 185 Å². The number of nitrogens with one attached hydrogen (secondary N) is 2. The number of carbonyl (C=O) groups is 2. The minimum absolute atomic E-state index is 0.0246. The van der Waals surface area contributed by atoms with Crippen LogP contribution in [0.25, 0.3) is 0 Å². The first-order chi connectivity index (χ1) is 14.4. The molecule has 2 amide bonds. The summed E-state index contributed by atoms with van der Waals surface area (Å²) in [5.74, 6) is -0.126. The van der Waals surface area contributed by atoms with Gasteiger partial charge in [-0.05, 0) is 77.1 Å². The van der Waals surface area contributed by atoms with Gasteiger partial charge < -0.3 is 15.0 Å².